The van der Waals surface area contributed by atoms with Gasteiger partial charge in [-0.3, -0.25) is 4.68 Å². The van der Waals surface area contributed by atoms with Crippen LogP contribution in [-0.2, 0) is 20.0 Å². The van der Waals surface area contributed by atoms with E-state index in [1.165, 1.54) is 11.9 Å². The molecule has 3 rings (SSSR count). The van der Waals surface area contributed by atoms with Crippen LogP contribution >= 0.6 is 24.0 Å². The zero-order valence-corrected chi connectivity index (χ0v) is 18.7. The van der Waals surface area contributed by atoms with Gasteiger partial charge >= 0.3 is 0 Å². The highest BCUT2D eigenvalue weighted by Gasteiger charge is 2.07. The topological polar surface area (TPSA) is 93.2 Å². The molecular weight excluding hydrogens is 469 g/mol. The first-order chi connectivity index (χ1) is 13.2. The molecule has 0 amide bonds. The second-order valence-corrected chi connectivity index (χ2v) is 6.18. The van der Waals surface area contributed by atoms with Crippen molar-refractivity contribution in [3.8, 4) is 11.5 Å². The number of benzene rings is 1. The van der Waals surface area contributed by atoms with Crippen LogP contribution < -0.4 is 10.6 Å². The third kappa shape index (κ3) is 6.04. The van der Waals surface area contributed by atoms with Crippen molar-refractivity contribution in [3.63, 3.8) is 0 Å². The van der Waals surface area contributed by atoms with Crippen molar-refractivity contribution in [2.45, 2.75) is 26.8 Å². The monoisotopic (exact) mass is 495 g/mol. The van der Waals surface area contributed by atoms with Gasteiger partial charge in [0.15, 0.2) is 5.96 Å². The highest BCUT2D eigenvalue weighted by atomic mass is 127. The van der Waals surface area contributed by atoms with Crippen molar-refractivity contribution in [3.05, 3.63) is 53.9 Å². The van der Waals surface area contributed by atoms with Crippen molar-refractivity contribution < 1.29 is 4.42 Å². The van der Waals surface area contributed by atoms with Gasteiger partial charge in [0.05, 0.1) is 5.69 Å². The second kappa shape index (κ2) is 10.8. The second-order valence-electron chi connectivity index (χ2n) is 6.18. The predicted octanol–water partition coefficient (Wildman–Crippen LogP) is 2.69. The Labute approximate surface area is 181 Å². The molecular formula is C19H26IN7O. The number of aryl methyl sites for hydroxylation is 2. The van der Waals surface area contributed by atoms with Crippen molar-refractivity contribution in [1.29, 1.82) is 0 Å². The Morgan fingerprint density at radius 2 is 2.00 bits per heavy atom. The van der Waals surface area contributed by atoms with Crippen LogP contribution in [0.15, 0.2) is 46.3 Å². The lowest BCUT2D eigenvalue weighted by Gasteiger charge is -2.10. The molecule has 0 aliphatic rings. The van der Waals surface area contributed by atoms with Crippen LogP contribution in [0.2, 0.25) is 0 Å². The molecule has 150 valence electrons. The van der Waals surface area contributed by atoms with Crippen LogP contribution in [-0.4, -0.2) is 38.8 Å². The van der Waals surface area contributed by atoms with Crippen LogP contribution in [0.4, 0.5) is 0 Å². The number of nitrogens with one attached hydrogen (secondary N) is 2. The average Bonchev–Trinajstić information content (AvgIpc) is 3.29. The molecule has 0 saturated carbocycles. The van der Waals surface area contributed by atoms with E-state index in [2.05, 4.69) is 49.7 Å². The maximum atomic E-state index is 5.60. The van der Waals surface area contributed by atoms with E-state index in [0.29, 0.717) is 19.0 Å². The number of aromatic nitrogens is 4. The van der Waals surface area contributed by atoms with E-state index in [4.69, 9.17) is 4.42 Å². The molecule has 0 aliphatic carbocycles. The third-order valence-corrected chi connectivity index (χ3v) is 4.05. The number of halogens is 1. The number of rotatable bonds is 7. The third-order valence-electron chi connectivity index (χ3n) is 4.05. The minimum absolute atomic E-state index is 0. The molecule has 0 aliphatic heterocycles. The van der Waals surface area contributed by atoms with Gasteiger partial charge in [-0.2, -0.15) is 5.10 Å². The van der Waals surface area contributed by atoms with Gasteiger partial charge in [-0.1, -0.05) is 17.7 Å². The molecule has 0 fully saturated rings. The molecule has 0 spiro atoms. The molecule has 2 N–H and O–H groups in total. The van der Waals surface area contributed by atoms with Crippen LogP contribution in [0.25, 0.3) is 11.5 Å². The summed E-state index contributed by atoms with van der Waals surface area (Å²) in [5, 5.41) is 10.6. The summed E-state index contributed by atoms with van der Waals surface area (Å²) in [6.07, 6.45) is 3.98. The zero-order valence-electron chi connectivity index (χ0n) is 16.3. The Balaban J connectivity index is 0.00000280. The minimum atomic E-state index is 0. The van der Waals surface area contributed by atoms with Crippen molar-refractivity contribution in [1.82, 2.24) is 30.4 Å². The number of aliphatic imine (C=N–C) groups is 1. The van der Waals surface area contributed by atoms with E-state index in [0.717, 1.165) is 36.0 Å². The van der Waals surface area contributed by atoms with Gasteiger partial charge in [-0.15, -0.1) is 24.0 Å². The maximum absolute atomic E-state index is 5.60. The van der Waals surface area contributed by atoms with E-state index in [1.807, 2.05) is 26.1 Å². The summed E-state index contributed by atoms with van der Waals surface area (Å²) >= 11 is 0. The highest BCUT2D eigenvalue weighted by molar-refractivity contribution is 14.0. The maximum Gasteiger partial charge on any atom is 0.226 e. The highest BCUT2D eigenvalue weighted by Crippen LogP contribution is 2.19. The van der Waals surface area contributed by atoms with Gasteiger partial charge in [0.2, 0.25) is 5.89 Å². The number of nitrogens with zero attached hydrogens (tertiary/aromatic N) is 5. The average molecular weight is 495 g/mol. The Kier molecular flexibility index (Phi) is 8.42. The quantitative estimate of drug-likeness (QED) is 0.298. The van der Waals surface area contributed by atoms with E-state index in [1.54, 1.807) is 10.9 Å². The molecule has 0 atom stereocenters. The Bertz CT molecular complexity index is 886. The summed E-state index contributed by atoms with van der Waals surface area (Å²) in [6.45, 7) is 6.04. The molecule has 0 saturated heterocycles. The smallest absolute Gasteiger partial charge is 0.226 e. The fourth-order valence-corrected chi connectivity index (χ4v) is 2.51. The van der Waals surface area contributed by atoms with E-state index < -0.39 is 0 Å². The fraction of sp³-hybridized carbons (Fsp3) is 0.368. The minimum Gasteiger partial charge on any atom is -0.444 e. The summed E-state index contributed by atoms with van der Waals surface area (Å²) < 4.78 is 7.32. The SMILES string of the molecule is CCNC(=NCc1ncnn1C)NCCc1coc(-c2ccc(C)cc2)n1.I. The zero-order chi connectivity index (χ0) is 19.1. The largest absolute Gasteiger partial charge is 0.444 e. The first-order valence-electron chi connectivity index (χ1n) is 9.02. The molecule has 1 aromatic carbocycles. The lowest BCUT2D eigenvalue weighted by atomic mass is 10.1. The summed E-state index contributed by atoms with van der Waals surface area (Å²) in [5.74, 6) is 2.20. The van der Waals surface area contributed by atoms with Gasteiger partial charge in [0, 0.05) is 32.1 Å². The molecule has 3 aromatic rings. The normalized spacial score (nSPS) is 11.2. The van der Waals surface area contributed by atoms with E-state index >= 15 is 0 Å². The molecule has 8 nitrogen and oxygen atoms in total. The lowest BCUT2D eigenvalue weighted by Crippen LogP contribution is -2.38. The van der Waals surface area contributed by atoms with Gasteiger partial charge < -0.3 is 15.1 Å². The molecule has 28 heavy (non-hydrogen) atoms. The number of oxazole rings is 1. The summed E-state index contributed by atoms with van der Waals surface area (Å²) in [5.41, 5.74) is 3.10. The summed E-state index contributed by atoms with van der Waals surface area (Å²) in [7, 11) is 1.86. The summed E-state index contributed by atoms with van der Waals surface area (Å²) in [4.78, 5) is 13.3. The van der Waals surface area contributed by atoms with Crippen LogP contribution in [0.1, 0.15) is 24.0 Å². The van der Waals surface area contributed by atoms with Crippen molar-refractivity contribution >= 4 is 29.9 Å². The Morgan fingerprint density at radius 1 is 1.21 bits per heavy atom. The fourth-order valence-electron chi connectivity index (χ4n) is 2.51. The number of hydrogen-bond acceptors (Lipinski definition) is 5. The van der Waals surface area contributed by atoms with Crippen molar-refractivity contribution in [2.75, 3.05) is 13.1 Å². The van der Waals surface area contributed by atoms with E-state index in [-0.39, 0.29) is 24.0 Å². The molecule has 9 heteroatoms. The molecule has 2 aromatic heterocycles. The predicted molar refractivity (Wildman–Crippen MR) is 120 cm³/mol. The number of hydrogen-bond donors (Lipinski definition) is 2. The molecule has 2 heterocycles. The molecule has 0 bridgehead atoms. The first-order valence-corrected chi connectivity index (χ1v) is 9.02. The van der Waals surface area contributed by atoms with E-state index in [9.17, 15) is 0 Å². The standard InChI is InChI=1S/C19H25N7O.HI/c1-4-20-19(22-11-17-23-13-24-26(17)3)21-10-9-16-12-27-18(25-16)15-7-5-14(2)6-8-15;/h5-8,12-13H,4,9-11H2,1-3H3,(H2,20,21,22);1H. The Hall–Kier alpha value is -2.43. The summed E-state index contributed by atoms with van der Waals surface area (Å²) in [6, 6.07) is 8.14. The first kappa shape index (κ1) is 21.9. The van der Waals surface area contributed by atoms with Crippen LogP contribution in [0.5, 0.6) is 0 Å². The molecule has 0 radical (unpaired) electrons. The van der Waals surface area contributed by atoms with Crippen LogP contribution in [0.3, 0.4) is 0 Å². The van der Waals surface area contributed by atoms with Crippen LogP contribution in [0, 0.1) is 6.92 Å². The van der Waals surface area contributed by atoms with Gasteiger partial charge in [0.1, 0.15) is 25.0 Å². The Morgan fingerprint density at radius 3 is 2.68 bits per heavy atom. The molecule has 0 unspecified atom stereocenters. The lowest BCUT2D eigenvalue weighted by molar-refractivity contribution is 0.572. The van der Waals surface area contributed by atoms with Crippen molar-refractivity contribution in [2.24, 2.45) is 12.0 Å². The van der Waals surface area contributed by atoms with Gasteiger partial charge in [-0.25, -0.2) is 15.0 Å². The van der Waals surface area contributed by atoms with Gasteiger partial charge in [0.25, 0.3) is 0 Å². The van der Waals surface area contributed by atoms with Gasteiger partial charge in [-0.05, 0) is 26.0 Å². The number of guanidine groups is 1.